The normalized spacial score (nSPS) is 10.1. The van der Waals surface area contributed by atoms with E-state index in [0.29, 0.717) is 23.7 Å². The molecule has 94 valence electrons. The van der Waals surface area contributed by atoms with Crippen molar-refractivity contribution in [3.8, 4) is 11.5 Å². The van der Waals surface area contributed by atoms with Crippen LogP contribution in [0.5, 0.6) is 11.5 Å². The number of hydrogen-bond donors (Lipinski definition) is 0. The van der Waals surface area contributed by atoms with E-state index in [-0.39, 0.29) is 0 Å². The minimum atomic E-state index is 0.316. The van der Waals surface area contributed by atoms with E-state index in [1.54, 1.807) is 31.5 Å². The molecule has 0 amide bonds. The second-order valence-electron chi connectivity index (χ2n) is 3.76. The summed E-state index contributed by atoms with van der Waals surface area (Å²) in [5.74, 6) is 1.94. The summed E-state index contributed by atoms with van der Waals surface area (Å²) >= 11 is 0. The van der Waals surface area contributed by atoms with Gasteiger partial charge in [-0.1, -0.05) is 0 Å². The molecule has 0 fully saturated rings. The maximum absolute atomic E-state index is 11.0. The Labute approximate surface area is 105 Å². The second kappa shape index (κ2) is 5.35. The van der Waals surface area contributed by atoms with Gasteiger partial charge < -0.3 is 14.0 Å². The predicted molar refractivity (Wildman–Crippen MR) is 65.9 cm³/mol. The van der Waals surface area contributed by atoms with Gasteiger partial charge in [0.15, 0.2) is 6.29 Å². The van der Waals surface area contributed by atoms with E-state index in [1.165, 1.54) is 0 Å². The van der Waals surface area contributed by atoms with Crippen LogP contribution in [-0.2, 0) is 13.7 Å². The lowest BCUT2D eigenvalue weighted by Gasteiger charge is -2.09. The molecular formula is C13H14N2O3. The Bertz CT molecular complexity index is 549. The summed E-state index contributed by atoms with van der Waals surface area (Å²) in [6, 6.07) is 5.10. The van der Waals surface area contributed by atoms with Gasteiger partial charge in [0.2, 0.25) is 0 Å². The van der Waals surface area contributed by atoms with Crippen molar-refractivity contribution >= 4 is 6.29 Å². The number of nitrogens with zero attached hydrogens (tertiary/aromatic N) is 2. The van der Waals surface area contributed by atoms with Crippen molar-refractivity contribution < 1.29 is 14.3 Å². The molecule has 18 heavy (non-hydrogen) atoms. The number of methoxy groups -OCH3 is 1. The van der Waals surface area contributed by atoms with Crippen molar-refractivity contribution in [2.24, 2.45) is 7.05 Å². The average Bonchev–Trinajstić information content (AvgIpc) is 2.81. The molecule has 1 aromatic carbocycles. The number of aldehydes is 1. The van der Waals surface area contributed by atoms with Crippen LogP contribution in [0.25, 0.3) is 0 Å². The molecule has 2 rings (SSSR count). The minimum Gasteiger partial charge on any atom is -0.497 e. The first kappa shape index (κ1) is 12.2. The molecule has 5 heteroatoms. The van der Waals surface area contributed by atoms with Gasteiger partial charge in [-0.15, -0.1) is 0 Å². The summed E-state index contributed by atoms with van der Waals surface area (Å²) < 4.78 is 12.5. The van der Waals surface area contributed by atoms with E-state index >= 15 is 0 Å². The number of aryl methyl sites for hydroxylation is 1. The van der Waals surface area contributed by atoms with Gasteiger partial charge in [-0.05, 0) is 18.2 Å². The summed E-state index contributed by atoms with van der Waals surface area (Å²) in [5.41, 5.74) is 0.462. The molecule has 0 aliphatic heterocycles. The number of aromatic nitrogens is 2. The molecule has 0 saturated carbocycles. The lowest BCUT2D eigenvalue weighted by Crippen LogP contribution is -2.04. The molecule has 2 aromatic rings. The number of carbonyl (C=O) groups is 1. The Balaban J connectivity index is 2.14. The zero-order chi connectivity index (χ0) is 13.0. The first-order valence-corrected chi connectivity index (χ1v) is 5.47. The van der Waals surface area contributed by atoms with Gasteiger partial charge in [0.1, 0.15) is 23.9 Å². The number of carbonyl (C=O) groups excluding carboxylic acids is 1. The summed E-state index contributed by atoms with van der Waals surface area (Å²) in [6.07, 6.45) is 4.29. The number of benzene rings is 1. The Hall–Kier alpha value is -2.30. The molecule has 0 radical (unpaired) electrons. The number of imidazole rings is 1. The van der Waals surface area contributed by atoms with Crippen molar-refractivity contribution in [3.05, 3.63) is 42.0 Å². The molecule has 0 bridgehead atoms. The van der Waals surface area contributed by atoms with Gasteiger partial charge in [0.05, 0.1) is 12.7 Å². The fourth-order valence-electron chi connectivity index (χ4n) is 1.55. The minimum absolute atomic E-state index is 0.316. The summed E-state index contributed by atoms with van der Waals surface area (Å²) in [4.78, 5) is 15.1. The molecule has 1 aromatic heterocycles. The maximum atomic E-state index is 11.0. The molecule has 0 N–H and O–H groups in total. The Morgan fingerprint density at radius 3 is 2.89 bits per heavy atom. The first-order chi connectivity index (χ1) is 8.74. The van der Waals surface area contributed by atoms with Crippen molar-refractivity contribution in [2.45, 2.75) is 6.61 Å². The van der Waals surface area contributed by atoms with E-state index < -0.39 is 0 Å². The topological polar surface area (TPSA) is 53.4 Å². The van der Waals surface area contributed by atoms with Crippen LogP contribution in [0.3, 0.4) is 0 Å². The molecule has 0 atom stereocenters. The lowest BCUT2D eigenvalue weighted by molar-refractivity contribution is 0.111. The zero-order valence-electron chi connectivity index (χ0n) is 10.3. The van der Waals surface area contributed by atoms with Gasteiger partial charge in [-0.2, -0.15) is 0 Å². The predicted octanol–water partition coefficient (Wildman–Crippen LogP) is 1.82. The third kappa shape index (κ3) is 2.51. The van der Waals surface area contributed by atoms with Gasteiger partial charge in [0.25, 0.3) is 0 Å². The van der Waals surface area contributed by atoms with Crippen molar-refractivity contribution in [3.63, 3.8) is 0 Å². The highest BCUT2D eigenvalue weighted by atomic mass is 16.5. The largest absolute Gasteiger partial charge is 0.497 e. The van der Waals surface area contributed by atoms with Gasteiger partial charge >= 0.3 is 0 Å². The summed E-state index contributed by atoms with van der Waals surface area (Å²) in [7, 11) is 3.44. The van der Waals surface area contributed by atoms with E-state index in [9.17, 15) is 4.79 Å². The fraction of sp³-hybridized carbons (Fsp3) is 0.231. The van der Waals surface area contributed by atoms with E-state index in [1.807, 2.05) is 17.8 Å². The Kier molecular flexibility index (Phi) is 3.62. The molecule has 0 unspecified atom stereocenters. The van der Waals surface area contributed by atoms with Crippen LogP contribution in [0.15, 0.2) is 30.6 Å². The van der Waals surface area contributed by atoms with Crippen molar-refractivity contribution in [1.82, 2.24) is 9.55 Å². The highest BCUT2D eigenvalue weighted by Crippen LogP contribution is 2.23. The van der Waals surface area contributed by atoms with E-state index in [4.69, 9.17) is 9.47 Å². The lowest BCUT2D eigenvalue weighted by atomic mass is 10.2. The summed E-state index contributed by atoms with van der Waals surface area (Å²) in [6.45, 7) is 0.316. The van der Waals surface area contributed by atoms with Crippen molar-refractivity contribution in [1.29, 1.82) is 0 Å². The highest BCUT2D eigenvalue weighted by Gasteiger charge is 2.06. The third-order valence-electron chi connectivity index (χ3n) is 2.62. The molecule has 0 saturated heterocycles. The smallest absolute Gasteiger partial charge is 0.153 e. The van der Waals surface area contributed by atoms with E-state index in [0.717, 1.165) is 12.1 Å². The average molecular weight is 246 g/mol. The number of rotatable bonds is 5. The quantitative estimate of drug-likeness (QED) is 0.755. The van der Waals surface area contributed by atoms with E-state index in [2.05, 4.69) is 4.98 Å². The van der Waals surface area contributed by atoms with Crippen molar-refractivity contribution in [2.75, 3.05) is 7.11 Å². The van der Waals surface area contributed by atoms with Gasteiger partial charge in [-0.25, -0.2) is 4.98 Å². The van der Waals surface area contributed by atoms with Gasteiger partial charge in [-0.3, -0.25) is 4.79 Å². The van der Waals surface area contributed by atoms with Crippen LogP contribution in [0.1, 0.15) is 16.2 Å². The number of hydrogen-bond acceptors (Lipinski definition) is 4. The van der Waals surface area contributed by atoms with Crippen LogP contribution in [0, 0.1) is 0 Å². The summed E-state index contributed by atoms with van der Waals surface area (Å²) in [5, 5.41) is 0. The highest BCUT2D eigenvalue weighted by molar-refractivity contribution is 5.80. The Morgan fingerprint density at radius 1 is 1.44 bits per heavy atom. The van der Waals surface area contributed by atoms with Crippen LogP contribution < -0.4 is 9.47 Å². The second-order valence-corrected chi connectivity index (χ2v) is 3.76. The van der Waals surface area contributed by atoms with Crippen LogP contribution in [-0.4, -0.2) is 22.9 Å². The standard InChI is InChI=1S/C13H14N2O3/c1-15-6-5-14-13(15)9-18-12-4-3-11(17-2)7-10(12)8-16/h3-8H,9H2,1-2H3. The number of ether oxygens (including phenoxy) is 2. The van der Waals surface area contributed by atoms with Gasteiger partial charge in [0, 0.05) is 19.4 Å². The zero-order valence-corrected chi connectivity index (χ0v) is 10.3. The van der Waals surface area contributed by atoms with Crippen LogP contribution >= 0.6 is 0 Å². The maximum Gasteiger partial charge on any atom is 0.153 e. The monoisotopic (exact) mass is 246 g/mol. The van der Waals surface area contributed by atoms with Crippen LogP contribution in [0.2, 0.25) is 0 Å². The fourth-order valence-corrected chi connectivity index (χ4v) is 1.55. The molecular weight excluding hydrogens is 232 g/mol. The molecule has 5 nitrogen and oxygen atoms in total. The molecule has 0 aliphatic rings. The third-order valence-corrected chi connectivity index (χ3v) is 2.62. The molecule has 0 aliphatic carbocycles. The molecule has 0 spiro atoms. The first-order valence-electron chi connectivity index (χ1n) is 5.47. The van der Waals surface area contributed by atoms with Crippen LogP contribution in [0.4, 0.5) is 0 Å². The molecule has 1 heterocycles. The SMILES string of the molecule is COc1ccc(OCc2nccn2C)c(C=O)c1. The Morgan fingerprint density at radius 2 is 2.28 bits per heavy atom.